The molecule has 2 saturated carbocycles. The predicted molar refractivity (Wildman–Crippen MR) is 236 cm³/mol. The highest BCUT2D eigenvalue weighted by Gasteiger charge is 2.42. The Morgan fingerprint density at radius 3 is 1.62 bits per heavy atom. The standard InChI is InChI=1S/C28H44O4.C23H36O3/c1-2-3-4-5-9-14-24-25(27(30)21-26(24)29)19-18-23(32-28-15-10-11-20-31-28)17-16-22-12-7-6-8-13-22;1-2-3-4-5-9-12-20-21(23(26)17-22(20)25)16-15-19(24)14-13-18-10-7-6-8-11-18/h5-9,12-13,23-30H,2-4,10-11,14-21H2,1H3;5-11,19-26H,2-4,12-17H2,1H3/b2*9-5-/t23-,24+,25+,26-,27+,28?;19-,20+,21+,22-,23+/m00/s1. The molecular formula is C51H80O7. The molecule has 0 radical (unpaired) electrons. The summed E-state index contributed by atoms with van der Waals surface area (Å²) in [4.78, 5) is 0. The first-order valence-corrected chi connectivity index (χ1v) is 23.3. The second kappa shape index (κ2) is 28.2. The van der Waals surface area contributed by atoms with Gasteiger partial charge in [0.05, 0.1) is 36.6 Å². The maximum Gasteiger partial charge on any atom is 0.157 e. The van der Waals surface area contributed by atoms with E-state index in [1.54, 1.807) is 0 Å². The molecule has 2 aliphatic carbocycles. The van der Waals surface area contributed by atoms with Gasteiger partial charge < -0.3 is 35.0 Å². The lowest BCUT2D eigenvalue weighted by Gasteiger charge is -2.30. The fourth-order valence-corrected chi connectivity index (χ4v) is 9.37. The van der Waals surface area contributed by atoms with Crippen molar-refractivity contribution in [3.05, 3.63) is 96.1 Å². The highest BCUT2D eigenvalue weighted by Crippen LogP contribution is 2.40. The zero-order valence-corrected chi connectivity index (χ0v) is 36.0. The normalized spacial score (nSPS) is 28.5. The summed E-state index contributed by atoms with van der Waals surface area (Å²) < 4.78 is 12.3. The Morgan fingerprint density at radius 2 is 1.12 bits per heavy atom. The predicted octanol–water partition coefficient (Wildman–Crippen LogP) is 10.1. The molecule has 7 nitrogen and oxygen atoms in total. The molecule has 1 aliphatic heterocycles. The summed E-state index contributed by atoms with van der Waals surface area (Å²) in [5.41, 5.74) is 2.58. The van der Waals surface area contributed by atoms with Gasteiger partial charge in [-0.1, -0.05) is 124 Å². The Balaban J connectivity index is 0.000000262. The number of allylic oxidation sites excluding steroid dienone is 4. The van der Waals surface area contributed by atoms with Crippen LogP contribution in [0.25, 0.3) is 0 Å². The smallest absolute Gasteiger partial charge is 0.157 e. The van der Waals surface area contributed by atoms with Crippen LogP contribution in [0.1, 0.15) is 147 Å². The minimum atomic E-state index is -0.444. The first-order chi connectivity index (χ1) is 28.3. The van der Waals surface area contributed by atoms with E-state index in [2.05, 4.69) is 80.6 Å². The van der Waals surface area contributed by atoms with E-state index >= 15 is 0 Å². The van der Waals surface area contributed by atoms with E-state index in [0.29, 0.717) is 19.3 Å². The Labute approximate surface area is 352 Å². The molecule has 326 valence electrons. The number of aliphatic hydroxyl groups excluding tert-OH is 5. The van der Waals surface area contributed by atoms with Crippen molar-refractivity contribution in [2.45, 2.75) is 192 Å². The van der Waals surface area contributed by atoms with Crippen LogP contribution >= 0.6 is 0 Å². The Morgan fingerprint density at radius 1 is 0.621 bits per heavy atom. The fraction of sp³-hybridized carbons (Fsp3) is 0.686. The van der Waals surface area contributed by atoms with Crippen molar-refractivity contribution >= 4 is 0 Å². The number of ether oxygens (including phenoxy) is 2. The third kappa shape index (κ3) is 17.7. The molecule has 0 bridgehead atoms. The lowest BCUT2D eigenvalue weighted by atomic mass is 9.85. The van der Waals surface area contributed by atoms with Gasteiger partial charge in [-0.05, 0) is 144 Å². The topological polar surface area (TPSA) is 120 Å². The van der Waals surface area contributed by atoms with Crippen LogP contribution in [-0.2, 0) is 22.3 Å². The van der Waals surface area contributed by atoms with Crippen molar-refractivity contribution in [1.82, 2.24) is 0 Å². The maximum atomic E-state index is 10.7. The van der Waals surface area contributed by atoms with E-state index in [9.17, 15) is 25.5 Å². The van der Waals surface area contributed by atoms with Crippen LogP contribution < -0.4 is 0 Å². The van der Waals surface area contributed by atoms with Gasteiger partial charge in [-0.15, -0.1) is 0 Å². The van der Waals surface area contributed by atoms with Gasteiger partial charge in [0.1, 0.15) is 0 Å². The van der Waals surface area contributed by atoms with Gasteiger partial charge in [0.2, 0.25) is 0 Å². The van der Waals surface area contributed by atoms with E-state index in [-0.39, 0.29) is 42.2 Å². The molecule has 3 fully saturated rings. The van der Waals surface area contributed by atoms with E-state index < -0.39 is 24.4 Å². The van der Waals surface area contributed by atoms with Crippen LogP contribution in [0.3, 0.4) is 0 Å². The minimum Gasteiger partial charge on any atom is -0.393 e. The van der Waals surface area contributed by atoms with Crippen LogP contribution in [0.2, 0.25) is 0 Å². The van der Waals surface area contributed by atoms with Gasteiger partial charge in [0.25, 0.3) is 0 Å². The largest absolute Gasteiger partial charge is 0.393 e. The number of unbranched alkanes of at least 4 members (excludes halogenated alkanes) is 4. The zero-order valence-electron chi connectivity index (χ0n) is 36.0. The molecular weight excluding hydrogens is 725 g/mol. The molecule has 1 heterocycles. The van der Waals surface area contributed by atoms with Crippen molar-refractivity contribution in [2.24, 2.45) is 23.7 Å². The molecule has 58 heavy (non-hydrogen) atoms. The summed E-state index contributed by atoms with van der Waals surface area (Å²) in [7, 11) is 0. The second-order valence-electron chi connectivity index (χ2n) is 17.5. The van der Waals surface area contributed by atoms with Gasteiger partial charge in [-0.3, -0.25) is 0 Å². The average molecular weight is 805 g/mol. The van der Waals surface area contributed by atoms with Crippen molar-refractivity contribution in [1.29, 1.82) is 0 Å². The fourth-order valence-electron chi connectivity index (χ4n) is 9.37. The quantitative estimate of drug-likeness (QED) is 0.0530. The number of hydrogen-bond acceptors (Lipinski definition) is 7. The van der Waals surface area contributed by atoms with E-state index in [0.717, 1.165) is 96.5 Å². The summed E-state index contributed by atoms with van der Waals surface area (Å²) in [6.45, 7) is 5.18. The number of hydrogen-bond donors (Lipinski definition) is 5. The summed E-state index contributed by atoms with van der Waals surface area (Å²) in [5.74, 6) is 0.482. The van der Waals surface area contributed by atoms with Crippen LogP contribution in [0.15, 0.2) is 85.0 Å². The Bertz CT molecular complexity index is 1360. The monoisotopic (exact) mass is 805 g/mol. The molecule has 1 saturated heterocycles. The first kappa shape index (κ1) is 48.3. The van der Waals surface area contributed by atoms with Gasteiger partial charge in [-0.2, -0.15) is 0 Å². The van der Waals surface area contributed by atoms with E-state index in [4.69, 9.17) is 9.47 Å². The SMILES string of the molecule is CCCC/C=C\C[C@@H]1[C@@H](CC[C@@H](O)CCc2ccccc2)[C@H](O)C[C@@H]1O.CCCC/C=C\C[C@@H]1[C@@H](CC[C@H](CCc2ccccc2)OC2CCCCO2)[C@H](O)C[C@@H]1O. The molecule has 7 heteroatoms. The summed E-state index contributed by atoms with van der Waals surface area (Å²) in [6.07, 6.45) is 26.5. The average Bonchev–Trinajstić information content (AvgIpc) is 3.67. The Kier molecular flexibility index (Phi) is 23.5. The van der Waals surface area contributed by atoms with E-state index in [1.165, 1.54) is 36.8 Å². The van der Waals surface area contributed by atoms with Crippen LogP contribution in [0.5, 0.6) is 0 Å². The molecule has 0 aromatic heterocycles. The molecule has 5 N–H and O–H groups in total. The molecule has 0 amide bonds. The third-order valence-electron chi connectivity index (χ3n) is 13.0. The maximum absolute atomic E-state index is 10.7. The molecule has 5 rings (SSSR count). The van der Waals surface area contributed by atoms with E-state index in [1.807, 2.05) is 18.2 Å². The summed E-state index contributed by atoms with van der Waals surface area (Å²) in [6, 6.07) is 20.8. The first-order valence-electron chi connectivity index (χ1n) is 23.3. The highest BCUT2D eigenvalue weighted by atomic mass is 16.7. The Hall–Kier alpha value is -2.36. The van der Waals surface area contributed by atoms with Crippen molar-refractivity contribution in [2.75, 3.05) is 6.61 Å². The molecule has 0 spiro atoms. The van der Waals surface area contributed by atoms with Crippen molar-refractivity contribution in [3.8, 4) is 0 Å². The number of aliphatic hydroxyl groups is 5. The lowest BCUT2D eigenvalue weighted by molar-refractivity contribution is -0.191. The van der Waals surface area contributed by atoms with Crippen LogP contribution in [-0.4, -0.2) is 75.1 Å². The van der Waals surface area contributed by atoms with Crippen LogP contribution in [0, 0.1) is 23.7 Å². The summed E-state index contributed by atoms with van der Waals surface area (Å²) >= 11 is 0. The lowest BCUT2D eigenvalue weighted by Crippen LogP contribution is -2.30. The number of benzene rings is 2. The molecule has 2 aromatic rings. The van der Waals surface area contributed by atoms with Crippen molar-refractivity contribution < 1.29 is 35.0 Å². The highest BCUT2D eigenvalue weighted by molar-refractivity contribution is 5.15. The molecule has 3 aliphatic rings. The molecule has 1 unspecified atom stereocenters. The number of aryl methyl sites for hydroxylation is 2. The third-order valence-corrected chi connectivity index (χ3v) is 13.0. The second-order valence-corrected chi connectivity index (χ2v) is 17.5. The molecule has 11 atom stereocenters. The van der Waals surface area contributed by atoms with Gasteiger partial charge in [-0.25, -0.2) is 0 Å². The van der Waals surface area contributed by atoms with Crippen molar-refractivity contribution in [3.63, 3.8) is 0 Å². The minimum absolute atomic E-state index is 0.0900. The zero-order chi connectivity index (χ0) is 41.4. The van der Waals surface area contributed by atoms with Crippen LogP contribution in [0.4, 0.5) is 0 Å². The summed E-state index contributed by atoms with van der Waals surface area (Å²) in [5, 5.41) is 52.2. The van der Waals surface area contributed by atoms with Gasteiger partial charge >= 0.3 is 0 Å². The number of rotatable bonds is 24. The van der Waals surface area contributed by atoms with Gasteiger partial charge in [0, 0.05) is 6.61 Å². The molecule has 2 aromatic carbocycles. The van der Waals surface area contributed by atoms with Gasteiger partial charge in [0.15, 0.2) is 6.29 Å².